The fraction of sp³-hybridized carbons (Fsp3) is 0.345. The van der Waals surface area contributed by atoms with E-state index in [-0.39, 0.29) is 61.8 Å². The first-order valence-electron chi connectivity index (χ1n) is 10.5. The predicted molar refractivity (Wildman–Crippen MR) is 129 cm³/mol. The number of hydrogen-bond acceptors (Lipinski definition) is 0. The molecule has 1 aliphatic rings. The van der Waals surface area contributed by atoms with Gasteiger partial charge in [0, 0.05) is 0 Å². The van der Waals surface area contributed by atoms with Gasteiger partial charge in [0.1, 0.15) is 0 Å². The van der Waals surface area contributed by atoms with Gasteiger partial charge in [-0.25, -0.2) is 12.1 Å². The first-order chi connectivity index (χ1) is 13.6. The van der Waals surface area contributed by atoms with Crippen molar-refractivity contribution in [2.45, 2.75) is 65.7 Å². The Morgan fingerprint density at radius 1 is 0.875 bits per heavy atom. The Kier molecular flexibility index (Phi) is 14.8. The van der Waals surface area contributed by atoms with Crippen LogP contribution in [-0.4, -0.2) is 0 Å². The Morgan fingerprint density at radius 2 is 1.41 bits per heavy atom. The van der Waals surface area contributed by atoms with Crippen molar-refractivity contribution in [2.24, 2.45) is 0 Å². The van der Waals surface area contributed by atoms with Gasteiger partial charge in [-0.3, -0.25) is 0 Å². The third-order valence-corrected chi connectivity index (χ3v) is 5.02. The molecule has 0 saturated heterocycles. The van der Waals surface area contributed by atoms with Gasteiger partial charge in [0.2, 0.25) is 0 Å². The maximum atomic E-state index is 3.67. The molecule has 1 aliphatic carbocycles. The van der Waals surface area contributed by atoms with Gasteiger partial charge in [0.25, 0.3) is 0 Å². The molecule has 0 atom stereocenters. The summed E-state index contributed by atoms with van der Waals surface area (Å²) in [5.41, 5.74) is 8.70. The van der Waals surface area contributed by atoms with Crippen LogP contribution in [0.25, 0.3) is 11.1 Å². The summed E-state index contributed by atoms with van der Waals surface area (Å²) in [4.78, 5) is 0. The van der Waals surface area contributed by atoms with E-state index in [4.69, 9.17) is 0 Å². The molecule has 0 N–H and O–H groups in total. The molecule has 0 amide bonds. The van der Waals surface area contributed by atoms with Crippen molar-refractivity contribution in [2.75, 3.05) is 0 Å². The molecule has 3 aromatic rings. The van der Waals surface area contributed by atoms with Crippen molar-refractivity contribution >= 4 is 0 Å². The largest absolute Gasteiger partial charge is 4.00 e. The maximum absolute atomic E-state index is 3.67. The first kappa shape index (κ1) is 33.2. The van der Waals surface area contributed by atoms with Gasteiger partial charge < -0.3 is 24.8 Å². The number of benzene rings is 2. The second-order valence-electron chi connectivity index (χ2n) is 9.68. The summed E-state index contributed by atoms with van der Waals surface area (Å²) in [6.07, 6.45) is 2.78. The van der Waals surface area contributed by atoms with Crippen LogP contribution in [0.4, 0.5) is 0 Å². The first-order valence-corrected chi connectivity index (χ1v) is 10.5. The van der Waals surface area contributed by atoms with Crippen molar-refractivity contribution in [1.29, 1.82) is 0 Å². The fourth-order valence-corrected chi connectivity index (χ4v) is 3.35. The smallest absolute Gasteiger partial charge is 1.00 e. The molecule has 3 heteroatoms. The topological polar surface area (TPSA) is 0 Å². The van der Waals surface area contributed by atoms with Crippen LogP contribution in [-0.2, 0) is 43.5 Å². The number of halogens is 2. The molecular weight excluding hydrogens is 510 g/mol. The molecule has 0 saturated carbocycles. The number of allylic oxidation sites excluding steroid dienone is 1. The van der Waals surface area contributed by atoms with Crippen LogP contribution in [0.15, 0.2) is 73.3 Å². The monoisotopic (exact) mass is 544 g/mol. The summed E-state index contributed by atoms with van der Waals surface area (Å²) in [7, 11) is 0. The van der Waals surface area contributed by atoms with Crippen LogP contribution >= 0.6 is 0 Å². The van der Waals surface area contributed by atoms with Crippen LogP contribution in [0.5, 0.6) is 0 Å². The van der Waals surface area contributed by atoms with E-state index in [1.54, 1.807) is 6.08 Å². The maximum Gasteiger partial charge on any atom is 4.00 e. The van der Waals surface area contributed by atoms with Crippen molar-refractivity contribution < 1.29 is 51.0 Å². The Labute approximate surface area is 228 Å². The normalized spacial score (nSPS) is 10.8. The van der Waals surface area contributed by atoms with Crippen LogP contribution in [0.3, 0.4) is 0 Å². The number of fused-ring (bicyclic) bond motifs is 3. The number of rotatable bonds is 0. The Balaban J connectivity index is 0. The Hall–Kier alpha value is -1.01. The molecule has 32 heavy (non-hydrogen) atoms. The zero-order valence-electron chi connectivity index (χ0n) is 20.5. The van der Waals surface area contributed by atoms with Crippen LogP contribution in [0, 0.1) is 6.07 Å². The third kappa shape index (κ3) is 9.09. The van der Waals surface area contributed by atoms with Gasteiger partial charge in [0.15, 0.2) is 0 Å². The van der Waals surface area contributed by atoms with E-state index in [2.05, 4.69) is 84.5 Å². The summed E-state index contributed by atoms with van der Waals surface area (Å²) in [6.45, 7) is 18.9. The standard InChI is InChI=1S/C21H25.C5H5.C3H6.2ClH.Zr/c1-20(2,3)16-7-9-18-14(12-16)11-15-13-17(21(4,5)6)8-10-19(15)18;1-2-4-5-3-1;1-3-2;;;/h7-10,12H,11H2,1-6H3;1-5H;3H,1H2,2H3;2*1H;/q2*-1;;;;+4/p-2. The van der Waals surface area contributed by atoms with Gasteiger partial charge in [-0.15, -0.1) is 17.7 Å². The van der Waals surface area contributed by atoms with E-state index in [9.17, 15) is 0 Å². The van der Waals surface area contributed by atoms with E-state index in [1.165, 1.54) is 33.4 Å². The molecule has 0 unspecified atom stereocenters. The molecule has 0 spiro atoms. The molecule has 0 bridgehead atoms. The second kappa shape index (κ2) is 14.3. The minimum Gasteiger partial charge on any atom is -1.00 e. The van der Waals surface area contributed by atoms with Gasteiger partial charge in [0.05, 0.1) is 0 Å². The van der Waals surface area contributed by atoms with E-state index in [0.29, 0.717) is 0 Å². The molecule has 170 valence electrons. The van der Waals surface area contributed by atoms with Crippen molar-refractivity contribution in [3.8, 4) is 11.1 Å². The van der Waals surface area contributed by atoms with Crippen LogP contribution < -0.4 is 24.8 Å². The van der Waals surface area contributed by atoms with Crippen molar-refractivity contribution in [1.82, 2.24) is 0 Å². The van der Waals surface area contributed by atoms with Gasteiger partial charge in [-0.1, -0.05) is 71.4 Å². The van der Waals surface area contributed by atoms with E-state index in [0.717, 1.165) is 6.42 Å². The van der Waals surface area contributed by atoms with E-state index in [1.807, 2.05) is 37.3 Å². The Morgan fingerprint density at radius 3 is 1.84 bits per heavy atom. The van der Waals surface area contributed by atoms with E-state index < -0.39 is 0 Å². The van der Waals surface area contributed by atoms with Crippen LogP contribution in [0.2, 0.25) is 0 Å². The van der Waals surface area contributed by atoms with Gasteiger partial charge >= 0.3 is 26.2 Å². The second-order valence-corrected chi connectivity index (χ2v) is 9.68. The zero-order valence-corrected chi connectivity index (χ0v) is 24.5. The molecule has 0 radical (unpaired) electrons. The molecule has 0 aliphatic heterocycles. The summed E-state index contributed by atoms with van der Waals surface area (Å²) in [6, 6.07) is 25.2. The quantitative estimate of drug-likeness (QED) is 0.235. The average Bonchev–Trinajstić information content (AvgIpc) is 3.31. The van der Waals surface area contributed by atoms with Crippen molar-refractivity contribution in [3.63, 3.8) is 0 Å². The summed E-state index contributed by atoms with van der Waals surface area (Å²) < 4.78 is 0. The minimum absolute atomic E-state index is 0. The summed E-state index contributed by atoms with van der Waals surface area (Å²) >= 11 is 0. The molecule has 0 aromatic heterocycles. The molecule has 4 rings (SSSR count). The summed E-state index contributed by atoms with van der Waals surface area (Å²) in [5, 5.41) is 0. The van der Waals surface area contributed by atoms with Gasteiger partial charge in [-0.2, -0.15) is 42.0 Å². The molecule has 0 heterocycles. The van der Waals surface area contributed by atoms with E-state index >= 15 is 0 Å². The summed E-state index contributed by atoms with van der Waals surface area (Å²) in [5.74, 6) is 0. The van der Waals surface area contributed by atoms with Crippen LogP contribution in [0.1, 0.15) is 70.7 Å². The zero-order chi connectivity index (χ0) is 21.7. The van der Waals surface area contributed by atoms with Crippen molar-refractivity contribution in [3.05, 3.63) is 102 Å². The average molecular weight is 547 g/mol. The number of hydrogen-bond donors (Lipinski definition) is 0. The van der Waals surface area contributed by atoms with Gasteiger partial charge in [-0.05, 0) is 35.3 Å². The predicted octanol–water partition coefficient (Wildman–Crippen LogP) is 2.26. The fourth-order valence-electron chi connectivity index (χ4n) is 3.35. The molecular formula is C29H36Cl2Zr. The SMILES string of the molecule is C=CC.CC(C)(C)c1[c-]c2c(cc1)-c1ccc(C(C)(C)C)cc1C2.[Cl-].[Cl-].[Zr+4].c1cc[cH-]c1. The Bertz CT molecular complexity index is 848. The molecule has 0 fully saturated rings. The minimum atomic E-state index is 0. The third-order valence-electron chi connectivity index (χ3n) is 5.02. The molecule has 3 aromatic carbocycles. The molecule has 0 nitrogen and oxygen atoms in total.